The van der Waals surface area contributed by atoms with E-state index in [1.807, 2.05) is 12.1 Å². The zero-order valence-electron chi connectivity index (χ0n) is 12.0. The van der Waals surface area contributed by atoms with Crippen LogP contribution >= 0.6 is 11.3 Å². The Morgan fingerprint density at radius 3 is 3.19 bits per heavy atom. The normalized spacial score (nSPS) is 24.4. The number of carbonyl (C=O) groups is 1. The molecule has 0 saturated carbocycles. The van der Waals surface area contributed by atoms with Crippen LogP contribution in [0.25, 0.3) is 0 Å². The van der Waals surface area contributed by atoms with E-state index in [4.69, 9.17) is 5.11 Å². The lowest BCUT2D eigenvalue weighted by Gasteiger charge is -2.20. The number of hydrogen-bond donors (Lipinski definition) is 2. The van der Waals surface area contributed by atoms with E-state index < -0.39 is 0 Å². The second kappa shape index (κ2) is 6.61. The number of fused-ring (bicyclic) bond motifs is 1. The zero-order valence-corrected chi connectivity index (χ0v) is 12.8. The van der Waals surface area contributed by atoms with E-state index in [2.05, 4.69) is 22.1 Å². The minimum absolute atomic E-state index is 0.0222. The minimum Gasteiger partial charge on any atom is -0.395 e. The molecule has 0 bridgehead atoms. The molecule has 3 rings (SSSR count). The van der Waals surface area contributed by atoms with Gasteiger partial charge in [-0.2, -0.15) is 0 Å². The van der Waals surface area contributed by atoms with Crippen molar-refractivity contribution in [3.8, 4) is 11.8 Å². The number of amides is 1. The van der Waals surface area contributed by atoms with Crippen LogP contribution in [-0.2, 0) is 0 Å². The molecular formula is C16H20N2O2S. The van der Waals surface area contributed by atoms with Crippen LogP contribution in [0, 0.1) is 11.8 Å². The number of aliphatic hydroxyl groups excluding tert-OH is 1. The summed E-state index contributed by atoms with van der Waals surface area (Å²) in [5.41, 5.74) is 0. The third-order valence-corrected chi connectivity index (χ3v) is 5.20. The first kappa shape index (κ1) is 14.6. The molecule has 2 atom stereocenters. The first-order chi connectivity index (χ1) is 10.3. The van der Waals surface area contributed by atoms with Gasteiger partial charge >= 0.3 is 0 Å². The van der Waals surface area contributed by atoms with Gasteiger partial charge in [0.1, 0.15) is 0 Å². The Balaban J connectivity index is 1.60. The molecule has 4 nitrogen and oxygen atoms in total. The average Bonchev–Trinajstić information content (AvgIpc) is 3.17. The molecule has 0 spiro atoms. The largest absolute Gasteiger partial charge is 0.395 e. The fourth-order valence-electron chi connectivity index (χ4n) is 3.22. The zero-order chi connectivity index (χ0) is 14.7. The predicted octanol–water partition coefficient (Wildman–Crippen LogP) is 1.45. The number of thiophene rings is 1. The molecule has 2 saturated heterocycles. The number of aliphatic hydroxyl groups is 1. The number of carbonyl (C=O) groups excluding carboxylic acids is 1. The van der Waals surface area contributed by atoms with Crippen molar-refractivity contribution in [3.63, 3.8) is 0 Å². The highest BCUT2D eigenvalue weighted by Crippen LogP contribution is 2.28. The monoisotopic (exact) mass is 304 g/mol. The van der Waals surface area contributed by atoms with E-state index in [9.17, 15) is 4.79 Å². The Hall–Kier alpha value is -1.35. The van der Waals surface area contributed by atoms with Crippen molar-refractivity contribution in [2.45, 2.75) is 37.8 Å². The summed E-state index contributed by atoms with van der Waals surface area (Å²) in [6.07, 6.45) is 3.98. The van der Waals surface area contributed by atoms with Gasteiger partial charge in [0.15, 0.2) is 0 Å². The van der Waals surface area contributed by atoms with E-state index in [0.29, 0.717) is 18.5 Å². The molecule has 3 heterocycles. The van der Waals surface area contributed by atoms with Crippen LogP contribution in [0.3, 0.4) is 0 Å². The lowest BCUT2D eigenvalue weighted by molar-refractivity contribution is 0.0933. The van der Waals surface area contributed by atoms with Crippen molar-refractivity contribution >= 4 is 17.2 Å². The summed E-state index contributed by atoms with van der Waals surface area (Å²) in [5, 5.41) is 11.9. The average molecular weight is 304 g/mol. The van der Waals surface area contributed by atoms with E-state index in [0.717, 1.165) is 22.7 Å². The maximum Gasteiger partial charge on any atom is 0.261 e. The summed E-state index contributed by atoms with van der Waals surface area (Å²) in [7, 11) is 0. The summed E-state index contributed by atoms with van der Waals surface area (Å²) in [6.45, 7) is 2.36. The van der Waals surface area contributed by atoms with Gasteiger partial charge in [-0.05, 0) is 37.9 Å². The van der Waals surface area contributed by atoms with Gasteiger partial charge in [0.25, 0.3) is 5.91 Å². The smallest absolute Gasteiger partial charge is 0.261 e. The first-order valence-corrected chi connectivity index (χ1v) is 8.34. The Bertz CT molecular complexity index is 572. The van der Waals surface area contributed by atoms with Gasteiger partial charge in [0.2, 0.25) is 0 Å². The van der Waals surface area contributed by atoms with Crippen molar-refractivity contribution in [1.82, 2.24) is 10.2 Å². The molecule has 21 heavy (non-hydrogen) atoms. The highest BCUT2D eigenvalue weighted by Gasteiger charge is 2.37. The molecule has 2 unspecified atom stereocenters. The Kier molecular flexibility index (Phi) is 4.59. The molecule has 2 aliphatic heterocycles. The highest BCUT2D eigenvalue weighted by atomic mass is 32.1. The van der Waals surface area contributed by atoms with Gasteiger partial charge in [-0.15, -0.1) is 11.3 Å². The lowest BCUT2D eigenvalue weighted by Crippen LogP contribution is -2.42. The van der Waals surface area contributed by atoms with Crippen molar-refractivity contribution in [1.29, 1.82) is 0 Å². The Morgan fingerprint density at radius 1 is 1.43 bits per heavy atom. The topological polar surface area (TPSA) is 52.6 Å². The van der Waals surface area contributed by atoms with Gasteiger partial charge in [0, 0.05) is 25.0 Å². The van der Waals surface area contributed by atoms with Crippen LogP contribution in [-0.4, -0.2) is 47.7 Å². The standard InChI is InChI=1S/C16H20N2O2S/c19-11-2-1-4-12-6-7-15(21-12)16(20)17-13-8-10-18-9-3-5-14(13)18/h6-7,13-14,19H,2-3,5,8-11H2,(H,17,20). The van der Waals surface area contributed by atoms with Crippen LogP contribution in [0.15, 0.2) is 12.1 Å². The van der Waals surface area contributed by atoms with Gasteiger partial charge in [-0.3, -0.25) is 9.69 Å². The predicted molar refractivity (Wildman–Crippen MR) is 83.4 cm³/mol. The van der Waals surface area contributed by atoms with Crippen LogP contribution < -0.4 is 5.32 Å². The maximum atomic E-state index is 12.3. The molecule has 1 amide bonds. The highest BCUT2D eigenvalue weighted by molar-refractivity contribution is 7.14. The van der Waals surface area contributed by atoms with Crippen molar-refractivity contribution in [3.05, 3.63) is 21.9 Å². The fraction of sp³-hybridized carbons (Fsp3) is 0.562. The van der Waals surface area contributed by atoms with Crippen molar-refractivity contribution in [2.75, 3.05) is 19.7 Å². The van der Waals surface area contributed by atoms with Crippen LogP contribution in [0.4, 0.5) is 0 Å². The summed E-state index contributed by atoms with van der Waals surface area (Å²) in [5.74, 6) is 5.87. The SMILES string of the molecule is O=C(NC1CCN2CCCC12)c1ccc(C#CCCO)s1. The van der Waals surface area contributed by atoms with Crippen LogP contribution in [0.2, 0.25) is 0 Å². The summed E-state index contributed by atoms with van der Waals surface area (Å²) in [6, 6.07) is 4.55. The molecule has 112 valence electrons. The summed E-state index contributed by atoms with van der Waals surface area (Å²) in [4.78, 5) is 16.4. The molecule has 0 aromatic carbocycles. The molecule has 1 aromatic heterocycles. The third kappa shape index (κ3) is 3.29. The lowest BCUT2D eigenvalue weighted by atomic mass is 10.1. The van der Waals surface area contributed by atoms with E-state index in [1.54, 1.807) is 0 Å². The summed E-state index contributed by atoms with van der Waals surface area (Å²) < 4.78 is 0. The summed E-state index contributed by atoms with van der Waals surface area (Å²) >= 11 is 1.42. The van der Waals surface area contributed by atoms with Crippen molar-refractivity contribution < 1.29 is 9.90 Å². The molecule has 5 heteroatoms. The maximum absolute atomic E-state index is 12.3. The van der Waals surface area contributed by atoms with E-state index >= 15 is 0 Å². The van der Waals surface area contributed by atoms with E-state index in [1.165, 1.54) is 30.7 Å². The van der Waals surface area contributed by atoms with E-state index in [-0.39, 0.29) is 12.5 Å². The number of hydrogen-bond acceptors (Lipinski definition) is 4. The molecule has 0 radical (unpaired) electrons. The van der Waals surface area contributed by atoms with Crippen LogP contribution in [0.1, 0.15) is 40.2 Å². The van der Waals surface area contributed by atoms with Gasteiger partial charge < -0.3 is 10.4 Å². The minimum atomic E-state index is 0.0222. The molecule has 2 N–H and O–H groups in total. The molecule has 2 aliphatic rings. The molecule has 0 aliphatic carbocycles. The third-order valence-electron chi connectivity index (χ3n) is 4.20. The quantitative estimate of drug-likeness (QED) is 0.831. The second-order valence-electron chi connectivity index (χ2n) is 5.55. The van der Waals surface area contributed by atoms with Crippen molar-refractivity contribution in [2.24, 2.45) is 0 Å². The van der Waals surface area contributed by atoms with Gasteiger partial charge in [-0.25, -0.2) is 0 Å². The van der Waals surface area contributed by atoms with Gasteiger partial charge in [-0.1, -0.05) is 11.8 Å². The molecule has 1 aromatic rings. The first-order valence-electron chi connectivity index (χ1n) is 7.52. The molecular weight excluding hydrogens is 284 g/mol. The van der Waals surface area contributed by atoms with Gasteiger partial charge in [0.05, 0.1) is 16.4 Å². The molecule has 2 fully saturated rings. The number of nitrogens with one attached hydrogen (secondary N) is 1. The second-order valence-corrected chi connectivity index (χ2v) is 6.64. The number of nitrogens with zero attached hydrogens (tertiary/aromatic N) is 1. The Labute approximate surface area is 129 Å². The fourth-order valence-corrected chi connectivity index (χ4v) is 4.01. The van der Waals surface area contributed by atoms with Crippen LogP contribution in [0.5, 0.6) is 0 Å². The Morgan fingerprint density at radius 2 is 2.33 bits per heavy atom. The number of rotatable bonds is 3.